The van der Waals surface area contributed by atoms with Crippen LogP contribution in [0.1, 0.15) is 81.0 Å². The molecule has 0 bridgehead atoms. The van der Waals surface area contributed by atoms with Crippen LogP contribution >= 0.6 is 0 Å². The second kappa shape index (κ2) is 17.7. The van der Waals surface area contributed by atoms with Gasteiger partial charge in [0, 0.05) is 31.2 Å². The van der Waals surface area contributed by atoms with Crippen molar-refractivity contribution in [1.82, 2.24) is 20.3 Å². The number of benzene rings is 1. The van der Waals surface area contributed by atoms with Crippen LogP contribution in [0.3, 0.4) is 0 Å². The zero-order chi connectivity index (χ0) is 27.7. The number of carbonyl (C=O) groups is 1. The average molecular weight is 554 g/mol. The molecule has 40 heavy (non-hydrogen) atoms. The summed E-state index contributed by atoms with van der Waals surface area (Å²) in [7, 11) is 0. The Morgan fingerprint density at radius 2 is 1.30 bits per heavy atom. The highest BCUT2D eigenvalue weighted by molar-refractivity contribution is 5.94. The van der Waals surface area contributed by atoms with Crippen molar-refractivity contribution in [3.63, 3.8) is 0 Å². The van der Waals surface area contributed by atoms with Crippen molar-refractivity contribution < 1.29 is 14.3 Å². The molecule has 10 heteroatoms. The van der Waals surface area contributed by atoms with E-state index in [1.807, 2.05) is 18.2 Å². The Bertz CT molecular complexity index is 981. The normalized spacial score (nSPS) is 16.7. The minimum atomic E-state index is -0.0928. The van der Waals surface area contributed by atoms with Gasteiger partial charge in [-0.1, -0.05) is 63.1 Å². The van der Waals surface area contributed by atoms with Crippen molar-refractivity contribution in [2.24, 2.45) is 5.92 Å². The summed E-state index contributed by atoms with van der Waals surface area (Å²) < 4.78 is 11.3. The minimum Gasteiger partial charge on any atom is -0.377 e. The molecule has 2 saturated carbocycles. The summed E-state index contributed by atoms with van der Waals surface area (Å²) in [4.78, 5) is 26.0. The first-order valence-corrected chi connectivity index (χ1v) is 15.3. The van der Waals surface area contributed by atoms with Gasteiger partial charge in [-0.3, -0.25) is 4.79 Å². The molecule has 1 heterocycles. The zero-order valence-corrected chi connectivity index (χ0v) is 23.8. The predicted octanol–water partition coefficient (Wildman–Crippen LogP) is 4.87. The number of nitrogens with zero attached hydrogens (tertiary/aromatic N) is 3. The van der Waals surface area contributed by atoms with E-state index >= 15 is 0 Å². The Morgan fingerprint density at radius 3 is 2.02 bits per heavy atom. The van der Waals surface area contributed by atoms with E-state index in [9.17, 15) is 4.79 Å². The molecule has 0 unspecified atom stereocenters. The molecular weight excluding hydrogens is 506 g/mol. The Kier molecular flexibility index (Phi) is 13.2. The highest BCUT2D eigenvalue weighted by Crippen LogP contribution is 2.24. The Balaban J connectivity index is 1.14. The fourth-order valence-electron chi connectivity index (χ4n) is 5.32. The standard InChI is InChI=1S/C30H47N7O3/c38-27(25-13-7-4-8-14-25)31-17-19-39-21-22-40-20-18-32-28-35-29(33-23-24-11-5-3-6-12-24)37-30(36-28)34-26-15-9-1-2-10-16-26/h4,7-8,13-14,24,26H,1-3,5-6,9-12,15-23H2,(H,31,38)(H3,32,33,34,35,36,37). The molecule has 4 N–H and O–H groups in total. The number of hydrogen-bond acceptors (Lipinski definition) is 9. The maximum absolute atomic E-state index is 12.0. The van der Waals surface area contributed by atoms with E-state index in [1.54, 1.807) is 12.1 Å². The van der Waals surface area contributed by atoms with Crippen molar-refractivity contribution in [3.8, 4) is 0 Å². The predicted molar refractivity (Wildman–Crippen MR) is 159 cm³/mol. The second-order valence-electron chi connectivity index (χ2n) is 10.8. The van der Waals surface area contributed by atoms with Crippen LogP contribution in [0.25, 0.3) is 0 Å². The van der Waals surface area contributed by atoms with Gasteiger partial charge in [-0.15, -0.1) is 0 Å². The molecule has 0 atom stereocenters. The van der Waals surface area contributed by atoms with Gasteiger partial charge < -0.3 is 30.7 Å². The number of aromatic nitrogens is 3. The molecular formula is C30H47N7O3. The van der Waals surface area contributed by atoms with Gasteiger partial charge in [0.1, 0.15) is 0 Å². The van der Waals surface area contributed by atoms with Crippen LogP contribution in [-0.2, 0) is 9.47 Å². The lowest BCUT2D eigenvalue weighted by molar-refractivity contribution is 0.0519. The minimum absolute atomic E-state index is 0.0928. The molecule has 220 valence electrons. The highest BCUT2D eigenvalue weighted by Gasteiger charge is 2.17. The summed E-state index contributed by atoms with van der Waals surface area (Å²) in [6, 6.07) is 9.58. The van der Waals surface area contributed by atoms with Crippen LogP contribution in [0, 0.1) is 5.92 Å². The topological polar surface area (TPSA) is 122 Å². The fourth-order valence-corrected chi connectivity index (χ4v) is 5.32. The molecule has 4 rings (SSSR count). The number of carbonyl (C=O) groups excluding carboxylic acids is 1. The van der Waals surface area contributed by atoms with Gasteiger partial charge >= 0.3 is 0 Å². The maximum Gasteiger partial charge on any atom is 0.251 e. The number of anilines is 3. The van der Waals surface area contributed by atoms with Crippen LogP contribution in [-0.4, -0.2) is 73.0 Å². The molecule has 10 nitrogen and oxygen atoms in total. The average Bonchev–Trinajstić information content (AvgIpc) is 3.26. The van der Waals surface area contributed by atoms with Crippen LogP contribution < -0.4 is 21.3 Å². The first kappa shape index (κ1) is 30.0. The molecule has 2 aromatic rings. The third-order valence-electron chi connectivity index (χ3n) is 7.57. The van der Waals surface area contributed by atoms with Gasteiger partial charge in [-0.2, -0.15) is 15.0 Å². The Hall–Kier alpha value is -2.98. The van der Waals surface area contributed by atoms with Crippen molar-refractivity contribution in [2.45, 2.75) is 76.7 Å². The number of amides is 1. The molecule has 2 fully saturated rings. The summed E-state index contributed by atoms with van der Waals surface area (Å²) >= 11 is 0. The number of ether oxygens (including phenoxy) is 2. The van der Waals surface area contributed by atoms with Crippen molar-refractivity contribution >= 4 is 23.8 Å². The lowest BCUT2D eigenvalue weighted by Crippen LogP contribution is -2.27. The number of hydrogen-bond donors (Lipinski definition) is 4. The van der Waals surface area contributed by atoms with Gasteiger partial charge in [0.25, 0.3) is 5.91 Å². The molecule has 1 aromatic heterocycles. The smallest absolute Gasteiger partial charge is 0.251 e. The highest BCUT2D eigenvalue weighted by atomic mass is 16.5. The summed E-state index contributed by atoms with van der Waals surface area (Å²) in [6.07, 6.45) is 14.0. The van der Waals surface area contributed by atoms with Crippen LogP contribution in [0.5, 0.6) is 0 Å². The maximum atomic E-state index is 12.0. The van der Waals surface area contributed by atoms with Crippen LogP contribution in [0.2, 0.25) is 0 Å². The molecule has 2 aliphatic rings. The molecule has 1 amide bonds. The number of rotatable bonds is 16. The van der Waals surface area contributed by atoms with Crippen LogP contribution in [0.4, 0.5) is 17.8 Å². The third kappa shape index (κ3) is 11.3. The van der Waals surface area contributed by atoms with Gasteiger partial charge in [-0.25, -0.2) is 0 Å². The summed E-state index contributed by atoms with van der Waals surface area (Å²) in [5.74, 6) is 2.43. The van der Waals surface area contributed by atoms with Crippen LogP contribution in [0.15, 0.2) is 30.3 Å². The van der Waals surface area contributed by atoms with E-state index in [1.165, 1.54) is 57.8 Å². The van der Waals surface area contributed by atoms with E-state index < -0.39 is 0 Å². The monoisotopic (exact) mass is 553 g/mol. The van der Waals surface area contributed by atoms with Crippen molar-refractivity contribution in [1.29, 1.82) is 0 Å². The van der Waals surface area contributed by atoms with E-state index in [0.717, 1.165) is 19.4 Å². The van der Waals surface area contributed by atoms with Gasteiger partial charge in [0.15, 0.2) is 0 Å². The number of nitrogens with one attached hydrogen (secondary N) is 4. The molecule has 0 aliphatic heterocycles. The van der Waals surface area contributed by atoms with E-state index in [0.29, 0.717) is 74.9 Å². The Labute approximate surface area is 238 Å². The Morgan fingerprint density at radius 1 is 0.700 bits per heavy atom. The first-order valence-electron chi connectivity index (χ1n) is 15.3. The first-order chi connectivity index (χ1) is 19.8. The lowest BCUT2D eigenvalue weighted by atomic mass is 9.89. The second-order valence-corrected chi connectivity index (χ2v) is 10.8. The molecule has 0 saturated heterocycles. The molecule has 0 radical (unpaired) electrons. The lowest BCUT2D eigenvalue weighted by Gasteiger charge is -2.22. The molecule has 2 aliphatic carbocycles. The SMILES string of the molecule is O=C(NCCOCCOCCNc1nc(NCC2CCCCC2)nc(NC2CCCCCC2)n1)c1ccccc1. The third-order valence-corrected chi connectivity index (χ3v) is 7.57. The van der Waals surface area contributed by atoms with E-state index in [2.05, 4.69) is 31.2 Å². The van der Waals surface area contributed by atoms with Gasteiger partial charge in [0.2, 0.25) is 17.8 Å². The van der Waals surface area contributed by atoms with Gasteiger partial charge in [-0.05, 0) is 43.7 Å². The van der Waals surface area contributed by atoms with Crippen molar-refractivity contribution in [3.05, 3.63) is 35.9 Å². The van der Waals surface area contributed by atoms with Crippen molar-refractivity contribution in [2.75, 3.05) is 62.0 Å². The van der Waals surface area contributed by atoms with Gasteiger partial charge in [0.05, 0.1) is 26.4 Å². The van der Waals surface area contributed by atoms with E-state index in [4.69, 9.17) is 14.5 Å². The summed E-state index contributed by atoms with van der Waals surface area (Å²) in [5, 5.41) is 13.2. The summed E-state index contributed by atoms with van der Waals surface area (Å²) in [6.45, 7) is 3.86. The molecule has 0 spiro atoms. The molecule has 1 aromatic carbocycles. The fraction of sp³-hybridized carbons (Fsp3) is 0.667. The summed E-state index contributed by atoms with van der Waals surface area (Å²) in [5.41, 5.74) is 0.649. The largest absolute Gasteiger partial charge is 0.377 e. The quantitative estimate of drug-likeness (QED) is 0.170. The van der Waals surface area contributed by atoms with E-state index in [-0.39, 0.29) is 5.91 Å². The zero-order valence-electron chi connectivity index (χ0n) is 23.8.